The molecule has 1 atom stereocenters. The summed E-state index contributed by atoms with van der Waals surface area (Å²) in [5.41, 5.74) is 0. The SMILES string of the molecule is CC(=O)CN[C@H](C)C1CC1. The average molecular weight is 141 g/mol. The van der Waals surface area contributed by atoms with Crippen LogP contribution in [0.4, 0.5) is 0 Å². The van der Waals surface area contributed by atoms with Crippen molar-refractivity contribution < 1.29 is 4.79 Å². The van der Waals surface area contributed by atoms with E-state index >= 15 is 0 Å². The third-order valence-electron chi connectivity index (χ3n) is 2.00. The molecule has 0 heterocycles. The Morgan fingerprint density at radius 1 is 1.70 bits per heavy atom. The molecule has 0 amide bonds. The molecule has 1 saturated carbocycles. The highest BCUT2D eigenvalue weighted by molar-refractivity contribution is 5.77. The van der Waals surface area contributed by atoms with Crippen molar-refractivity contribution in [3.63, 3.8) is 0 Å². The minimum atomic E-state index is 0.229. The molecule has 0 radical (unpaired) electrons. The maximum atomic E-state index is 10.5. The first kappa shape index (κ1) is 7.73. The van der Waals surface area contributed by atoms with Gasteiger partial charge in [0.2, 0.25) is 0 Å². The molecule has 2 heteroatoms. The van der Waals surface area contributed by atoms with Gasteiger partial charge < -0.3 is 5.32 Å². The van der Waals surface area contributed by atoms with E-state index in [1.54, 1.807) is 6.92 Å². The largest absolute Gasteiger partial charge is 0.307 e. The van der Waals surface area contributed by atoms with Crippen LogP contribution in [-0.2, 0) is 4.79 Å². The Kier molecular flexibility index (Phi) is 2.44. The first-order valence-corrected chi connectivity index (χ1v) is 3.93. The summed E-state index contributed by atoms with van der Waals surface area (Å²) in [4.78, 5) is 10.5. The Morgan fingerprint density at radius 3 is 2.70 bits per heavy atom. The van der Waals surface area contributed by atoms with Crippen LogP contribution in [-0.4, -0.2) is 18.4 Å². The molecule has 0 bridgehead atoms. The highest BCUT2D eigenvalue weighted by Crippen LogP contribution is 2.32. The van der Waals surface area contributed by atoms with Crippen molar-refractivity contribution in [2.75, 3.05) is 6.54 Å². The number of rotatable bonds is 4. The Bertz CT molecular complexity index is 129. The fourth-order valence-corrected chi connectivity index (χ4v) is 1.07. The zero-order chi connectivity index (χ0) is 7.56. The molecule has 1 N–H and O–H groups in total. The standard InChI is InChI=1S/C8H15NO/c1-6(10)5-9-7(2)8-3-4-8/h7-9H,3-5H2,1-2H3/t7-/m1/s1. The zero-order valence-electron chi connectivity index (χ0n) is 6.68. The van der Waals surface area contributed by atoms with E-state index in [9.17, 15) is 4.79 Å². The van der Waals surface area contributed by atoms with Gasteiger partial charge in [0.15, 0.2) is 0 Å². The van der Waals surface area contributed by atoms with Gasteiger partial charge in [0.05, 0.1) is 6.54 Å². The molecule has 1 aliphatic carbocycles. The molecule has 0 unspecified atom stereocenters. The van der Waals surface area contributed by atoms with Crippen molar-refractivity contribution >= 4 is 5.78 Å². The maximum Gasteiger partial charge on any atom is 0.143 e. The number of Topliss-reactive ketones (excluding diaryl/α,β-unsaturated/α-hetero) is 1. The molecule has 58 valence electrons. The summed E-state index contributed by atoms with van der Waals surface area (Å²) < 4.78 is 0. The predicted molar refractivity (Wildman–Crippen MR) is 40.9 cm³/mol. The summed E-state index contributed by atoms with van der Waals surface area (Å²) >= 11 is 0. The summed E-state index contributed by atoms with van der Waals surface area (Å²) in [6, 6.07) is 0.545. The monoisotopic (exact) mass is 141 g/mol. The molecule has 2 nitrogen and oxygen atoms in total. The summed E-state index contributed by atoms with van der Waals surface area (Å²) in [5.74, 6) is 1.08. The summed E-state index contributed by atoms with van der Waals surface area (Å²) in [5, 5.41) is 3.19. The molecule has 0 saturated heterocycles. The maximum absolute atomic E-state index is 10.5. The fourth-order valence-electron chi connectivity index (χ4n) is 1.07. The first-order chi connectivity index (χ1) is 4.70. The van der Waals surface area contributed by atoms with E-state index in [1.807, 2.05) is 0 Å². The van der Waals surface area contributed by atoms with Gasteiger partial charge in [-0.15, -0.1) is 0 Å². The third-order valence-corrected chi connectivity index (χ3v) is 2.00. The molecule has 0 spiro atoms. The highest BCUT2D eigenvalue weighted by Gasteiger charge is 2.27. The van der Waals surface area contributed by atoms with E-state index in [-0.39, 0.29) is 5.78 Å². The van der Waals surface area contributed by atoms with Crippen LogP contribution in [0, 0.1) is 5.92 Å². The number of nitrogens with one attached hydrogen (secondary N) is 1. The quantitative estimate of drug-likeness (QED) is 0.632. The van der Waals surface area contributed by atoms with E-state index in [0.29, 0.717) is 12.6 Å². The fraction of sp³-hybridized carbons (Fsp3) is 0.875. The lowest BCUT2D eigenvalue weighted by molar-refractivity contribution is -0.116. The van der Waals surface area contributed by atoms with Gasteiger partial charge >= 0.3 is 0 Å². The van der Waals surface area contributed by atoms with Crippen molar-refractivity contribution in [3.05, 3.63) is 0 Å². The number of hydrogen-bond acceptors (Lipinski definition) is 2. The molecule has 1 fully saturated rings. The predicted octanol–water partition coefficient (Wildman–Crippen LogP) is 0.964. The van der Waals surface area contributed by atoms with Gasteiger partial charge in [-0.3, -0.25) is 4.79 Å². The van der Waals surface area contributed by atoms with Crippen molar-refractivity contribution in [3.8, 4) is 0 Å². The lowest BCUT2D eigenvalue weighted by atomic mass is 10.2. The van der Waals surface area contributed by atoms with Crippen LogP contribution in [0.25, 0.3) is 0 Å². The van der Waals surface area contributed by atoms with Crippen LogP contribution in [0.15, 0.2) is 0 Å². The van der Waals surface area contributed by atoms with Gasteiger partial charge in [-0.1, -0.05) is 0 Å². The highest BCUT2D eigenvalue weighted by atomic mass is 16.1. The van der Waals surface area contributed by atoms with E-state index in [2.05, 4.69) is 12.2 Å². The van der Waals surface area contributed by atoms with Crippen molar-refractivity contribution in [1.29, 1.82) is 0 Å². The molecule has 10 heavy (non-hydrogen) atoms. The van der Waals surface area contributed by atoms with Gasteiger partial charge in [0, 0.05) is 6.04 Å². The van der Waals surface area contributed by atoms with Crippen LogP contribution in [0.3, 0.4) is 0 Å². The van der Waals surface area contributed by atoms with Gasteiger partial charge in [0.1, 0.15) is 5.78 Å². The van der Waals surface area contributed by atoms with E-state index in [4.69, 9.17) is 0 Å². The van der Waals surface area contributed by atoms with Gasteiger partial charge in [-0.2, -0.15) is 0 Å². The third kappa shape index (κ3) is 2.48. The van der Waals surface area contributed by atoms with E-state index in [1.165, 1.54) is 12.8 Å². The van der Waals surface area contributed by atoms with Crippen molar-refractivity contribution in [2.45, 2.75) is 32.7 Å². The minimum Gasteiger partial charge on any atom is -0.307 e. The normalized spacial score (nSPS) is 20.6. The Balaban J connectivity index is 2.05. The number of carbonyl (C=O) groups is 1. The lowest BCUT2D eigenvalue weighted by Crippen LogP contribution is -2.31. The zero-order valence-corrected chi connectivity index (χ0v) is 6.68. The molecular formula is C8H15NO. The van der Waals surface area contributed by atoms with Crippen LogP contribution in [0.2, 0.25) is 0 Å². The van der Waals surface area contributed by atoms with Crippen molar-refractivity contribution in [1.82, 2.24) is 5.32 Å². The van der Waals surface area contributed by atoms with E-state index < -0.39 is 0 Å². The Morgan fingerprint density at radius 2 is 2.30 bits per heavy atom. The van der Waals surface area contributed by atoms with Gasteiger partial charge in [-0.05, 0) is 32.6 Å². The van der Waals surface area contributed by atoms with Crippen molar-refractivity contribution in [2.24, 2.45) is 5.92 Å². The molecule has 0 aliphatic heterocycles. The lowest BCUT2D eigenvalue weighted by Gasteiger charge is -2.09. The number of hydrogen-bond donors (Lipinski definition) is 1. The van der Waals surface area contributed by atoms with Crippen LogP contribution in [0.1, 0.15) is 26.7 Å². The molecule has 0 aromatic carbocycles. The first-order valence-electron chi connectivity index (χ1n) is 3.93. The molecule has 0 aromatic rings. The van der Waals surface area contributed by atoms with E-state index in [0.717, 1.165) is 5.92 Å². The Hall–Kier alpha value is -0.370. The smallest absolute Gasteiger partial charge is 0.143 e. The van der Waals surface area contributed by atoms with Gasteiger partial charge in [0.25, 0.3) is 0 Å². The minimum absolute atomic E-state index is 0.229. The molecule has 1 aliphatic rings. The Labute approximate surface area is 62.0 Å². The summed E-state index contributed by atoms with van der Waals surface area (Å²) in [6.07, 6.45) is 2.68. The summed E-state index contributed by atoms with van der Waals surface area (Å²) in [7, 11) is 0. The average Bonchev–Trinajstić information content (AvgIpc) is 2.63. The van der Waals surface area contributed by atoms with Crippen LogP contribution >= 0.6 is 0 Å². The molecule has 0 aromatic heterocycles. The summed E-state index contributed by atoms with van der Waals surface area (Å²) in [6.45, 7) is 4.31. The number of carbonyl (C=O) groups excluding carboxylic acids is 1. The topological polar surface area (TPSA) is 29.1 Å². The second-order valence-electron chi connectivity index (χ2n) is 3.21. The molecule has 1 rings (SSSR count). The van der Waals surface area contributed by atoms with Crippen LogP contribution < -0.4 is 5.32 Å². The van der Waals surface area contributed by atoms with Crippen LogP contribution in [0.5, 0.6) is 0 Å². The second kappa shape index (κ2) is 3.15. The number of ketones is 1. The van der Waals surface area contributed by atoms with Gasteiger partial charge in [-0.25, -0.2) is 0 Å². The second-order valence-corrected chi connectivity index (χ2v) is 3.21. The molecular weight excluding hydrogens is 126 g/mol.